The van der Waals surface area contributed by atoms with E-state index in [1.807, 2.05) is 28.0 Å². The molecule has 2 saturated carbocycles. The van der Waals surface area contributed by atoms with Gasteiger partial charge in [0.15, 0.2) is 17.2 Å². The van der Waals surface area contributed by atoms with E-state index >= 15 is 0 Å². The van der Waals surface area contributed by atoms with Gasteiger partial charge in [-0.05, 0) is 91.6 Å². The molecule has 0 spiro atoms. The third-order valence-corrected chi connectivity index (χ3v) is 9.76. The topological polar surface area (TPSA) is 63.7 Å². The van der Waals surface area contributed by atoms with Crippen molar-refractivity contribution in [1.29, 1.82) is 0 Å². The van der Waals surface area contributed by atoms with Crippen LogP contribution >= 0.6 is 0 Å². The van der Waals surface area contributed by atoms with Crippen LogP contribution in [0.5, 0.6) is 0 Å². The molecule has 5 rings (SSSR count). The Morgan fingerprint density at radius 3 is 2.47 bits per heavy atom. The van der Waals surface area contributed by atoms with E-state index in [0.29, 0.717) is 25.1 Å². The van der Waals surface area contributed by atoms with Gasteiger partial charge in [0.25, 0.3) is 0 Å². The van der Waals surface area contributed by atoms with Gasteiger partial charge in [0.2, 0.25) is 0 Å². The molecule has 0 saturated heterocycles. The normalized spacial score (nSPS) is 33.3. The van der Waals surface area contributed by atoms with E-state index in [4.69, 9.17) is 4.74 Å². The lowest BCUT2D eigenvalue weighted by molar-refractivity contribution is -0.182. The van der Waals surface area contributed by atoms with E-state index in [-0.39, 0.29) is 29.4 Å². The van der Waals surface area contributed by atoms with Crippen LogP contribution in [-0.2, 0) is 19.1 Å². The Labute approximate surface area is 215 Å². The fraction of sp³-hybridized carbons (Fsp3) is 0.567. The highest BCUT2D eigenvalue weighted by molar-refractivity contribution is 6.22. The first-order valence-electron chi connectivity index (χ1n) is 13.6. The van der Waals surface area contributed by atoms with Crippen molar-refractivity contribution >= 4 is 31.1 Å². The standard InChI is InChI=1S/C30H38BNO4/c1-18(33)36-30(27(35)17-31)14-13-26-24-11-7-20-15-22(34)10-12-23(20)28(24)25(16-29(26,30)2)19-5-8-21(9-6-19)32(3)4/h5-6,8-9,15,24-26H,7,10-14,16-17,31H2,1-4H3/t24?,25?,26?,29-,30-/m0/s1. The Balaban J connectivity index is 1.69. The number of benzene rings is 1. The number of carbonyl (C=O) groups is 3. The molecule has 6 heteroatoms. The van der Waals surface area contributed by atoms with E-state index in [2.05, 4.69) is 36.1 Å². The van der Waals surface area contributed by atoms with Crippen molar-refractivity contribution in [1.82, 2.24) is 0 Å². The first kappa shape index (κ1) is 25.0. The molecule has 4 aliphatic carbocycles. The van der Waals surface area contributed by atoms with Gasteiger partial charge in [0.05, 0.1) is 0 Å². The summed E-state index contributed by atoms with van der Waals surface area (Å²) in [6.45, 7) is 3.66. The van der Waals surface area contributed by atoms with Crippen LogP contribution in [0.15, 0.2) is 47.1 Å². The van der Waals surface area contributed by atoms with Crippen LogP contribution in [0.1, 0.15) is 70.3 Å². The zero-order chi connectivity index (χ0) is 25.8. The SMILES string of the molecule is BCC(=O)[C@@]1(OC(C)=O)CCC2C3CCC4=CC(=O)CCC4=C3C(c3ccc(N(C)C)cc3)C[C@@]21C. The Kier molecular flexibility index (Phi) is 6.29. The Bertz CT molecular complexity index is 1170. The zero-order valence-electron chi connectivity index (χ0n) is 22.4. The van der Waals surface area contributed by atoms with Crippen LogP contribution in [-0.4, -0.2) is 45.1 Å². The lowest BCUT2D eigenvalue weighted by atomic mass is 9.50. The number of esters is 1. The highest BCUT2D eigenvalue weighted by Gasteiger charge is 2.67. The van der Waals surface area contributed by atoms with Gasteiger partial charge in [0.1, 0.15) is 7.85 Å². The molecule has 2 fully saturated rings. The summed E-state index contributed by atoms with van der Waals surface area (Å²) in [7, 11) is 5.97. The molecule has 1 aromatic rings. The summed E-state index contributed by atoms with van der Waals surface area (Å²) in [5.74, 6) is 0.686. The molecule has 0 aromatic heterocycles. The maximum atomic E-state index is 13.6. The molecule has 5 atom stereocenters. The highest BCUT2D eigenvalue weighted by atomic mass is 16.6. The van der Waals surface area contributed by atoms with Gasteiger partial charge < -0.3 is 9.64 Å². The number of ether oxygens (including phenoxy) is 1. The number of anilines is 1. The average molecular weight is 487 g/mol. The van der Waals surface area contributed by atoms with Crippen molar-refractivity contribution in [3.05, 3.63) is 52.6 Å². The quantitative estimate of drug-likeness (QED) is 0.450. The molecular weight excluding hydrogens is 449 g/mol. The molecule has 3 unspecified atom stereocenters. The summed E-state index contributed by atoms with van der Waals surface area (Å²) in [6, 6.07) is 8.78. The number of ketones is 2. The summed E-state index contributed by atoms with van der Waals surface area (Å²) in [5, 5.41) is 0. The predicted molar refractivity (Wildman–Crippen MR) is 144 cm³/mol. The van der Waals surface area contributed by atoms with Gasteiger partial charge in [-0.15, -0.1) is 0 Å². The average Bonchev–Trinajstić information content (AvgIpc) is 3.14. The number of hydrogen-bond donors (Lipinski definition) is 0. The van der Waals surface area contributed by atoms with Gasteiger partial charge in [-0.25, -0.2) is 0 Å². The zero-order valence-corrected chi connectivity index (χ0v) is 22.4. The van der Waals surface area contributed by atoms with E-state index < -0.39 is 11.0 Å². The maximum Gasteiger partial charge on any atom is 0.303 e. The number of Topliss-reactive ketones (excluding diaryl/α,β-unsaturated/α-hetero) is 1. The molecule has 0 radical (unpaired) electrons. The van der Waals surface area contributed by atoms with Gasteiger partial charge in [0, 0.05) is 44.5 Å². The second kappa shape index (κ2) is 9.04. The van der Waals surface area contributed by atoms with Crippen LogP contribution in [0.4, 0.5) is 5.69 Å². The van der Waals surface area contributed by atoms with Crippen molar-refractivity contribution < 1.29 is 19.1 Å². The lowest BCUT2D eigenvalue weighted by Crippen LogP contribution is -2.57. The fourth-order valence-corrected chi connectivity index (χ4v) is 8.17. The first-order chi connectivity index (χ1) is 17.1. The lowest BCUT2D eigenvalue weighted by Gasteiger charge is -2.55. The maximum absolute atomic E-state index is 13.6. The predicted octanol–water partition coefficient (Wildman–Crippen LogP) is 4.57. The van der Waals surface area contributed by atoms with E-state index in [1.54, 1.807) is 0 Å². The summed E-state index contributed by atoms with van der Waals surface area (Å²) in [5.41, 5.74) is 5.01. The summed E-state index contributed by atoms with van der Waals surface area (Å²) < 4.78 is 6.09. The highest BCUT2D eigenvalue weighted by Crippen LogP contribution is 2.68. The molecule has 0 N–H and O–H groups in total. The molecule has 36 heavy (non-hydrogen) atoms. The number of rotatable bonds is 5. The number of carbonyl (C=O) groups excluding carboxylic acids is 3. The summed E-state index contributed by atoms with van der Waals surface area (Å²) in [6.07, 6.45) is 7.82. The minimum absolute atomic E-state index is 0.0557. The second-order valence-electron chi connectivity index (χ2n) is 11.7. The van der Waals surface area contributed by atoms with Crippen molar-refractivity contribution in [2.75, 3.05) is 19.0 Å². The molecule has 0 amide bonds. The smallest absolute Gasteiger partial charge is 0.303 e. The Hall–Kier alpha value is -2.63. The molecule has 1 aromatic carbocycles. The molecular formula is C30H38BNO4. The van der Waals surface area contributed by atoms with Gasteiger partial charge in [-0.2, -0.15) is 0 Å². The van der Waals surface area contributed by atoms with Crippen molar-refractivity contribution in [2.45, 2.75) is 76.6 Å². The first-order valence-corrected chi connectivity index (χ1v) is 13.6. The number of allylic oxidation sites excluding steroid dienone is 4. The van der Waals surface area contributed by atoms with E-state index in [9.17, 15) is 14.4 Å². The van der Waals surface area contributed by atoms with Gasteiger partial charge in [-0.3, -0.25) is 14.4 Å². The van der Waals surface area contributed by atoms with Gasteiger partial charge >= 0.3 is 5.97 Å². The number of nitrogens with zero attached hydrogens (tertiary/aromatic N) is 1. The molecule has 190 valence electrons. The van der Waals surface area contributed by atoms with Crippen LogP contribution in [0.25, 0.3) is 0 Å². The molecule has 0 bridgehead atoms. The van der Waals surface area contributed by atoms with Crippen molar-refractivity contribution in [3.8, 4) is 0 Å². The Morgan fingerprint density at radius 1 is 1.11 bits per heavy atom. The summed E-state index contributed by atoms with van der Waals surface area (Å²) >= 11 is 0. The third-order valence-electron chi connectivity index (χ3n) is 9.76. The minimum atomic E-state index is -1.06. The number of hydrogen-bond acceptors (Lipinski definition) is 5. The van der Waals surface area contributed by atoms with Crippen LogP contribution in [0.3, 0.4) is 0 Å². The fourth-order valence-electron chi connectivity index (χ4n) is 8.17. The van der Waals surface area contributed by atoms with Crippen molar-refractivity contribution in [2.24, 2.45) is 17.3 Å². The van der Waals surface area contributed by atoms with Crippen LogP contribution < -0.4 is 4.90 Å². The summed E-state index contributed by atoms with van der Waals surface area (Å²) in [4.78, 5) is 40.3. The molecule has 0 heterocycles. The minimum Gasteiger partial charge on any atom is -0.451 e. The van der Waals surface area contributed by atoms with Crippen molar-refractivity contribution in [3.63, 3.8) is 0 Å². The van der Waals surface area contributed by atoms with Gasteiger partial charge in [-0.1, -0.05) is 24.6 Å². The Morgan fingerprint density at radius 2 is 1.83 bits per heavy atom. The van der Waals surface area contributed by atoms with Crippen LogP contribution in [0, 0.1) is 17.3 Å². The van der Waals surface area contributed by atoms with Crippen LogP contribution in [0.2, 0.25) is 6.32 Å². The largest absolute Gasteiger partial charge is 0.451 e. The van der Waals surface area contributed by atoms with E-state index in [1.165, 1.54) is 29.2 Å². The number of fused-ring (bicyclic) bond motifs is 4. The molecule has 0 aliphatic heterocycles. The molecule has 5 nitrogen and oxygen atoms in total. The molecule has 4 aliphatic rings. The monoisotopic (exact) mass is 487 g/mol. The van der Waals surface area contributed by atoms with E-state index in [0.717, 1.165) is 37.8 Å². The second-order valence-corrected chi connectivity index (χ2v) is 11.7. The third kappa shape index (κ3) is 3.71.